The minimum atomic E-state index is 1.12. The fraction of sp³-hybridized carbons (Fsp3) is 0.200. The summed E-state index contributed by atoms with van der Waals surface area (Å²) in [4.78, 5) is 0. The quantitative estimate of drug-likeness (QED) is 0.269. The first-order chi connectivity index (χ1) is 14.9. The molecule has 0 heterocycles. The molecule has 0 aromatic heterocycles. The molecule has 0 fully saturated rings. The highest BCUT2D eigenvalue weighted by molar-refractivity contribution is 5.82. The molecule has 0 atom stereocenters. The van der Waals surface area contributed by atoms with Gasteiger partial charge in [0.05, 0.1) is 0 Å². The highest BCUT2D eigenvalue weighted by Gasteiger charge is 2.06. The van der Waals surface area contributed by atoms with Crippen LogP contribution in [0.4, 0.5) is 0 Å². The van der Waals surface area contributed by atoms with E-state index >= 15 is 0 Å². The second-order valence-electron chi connectivity index (χ2n) is 7.97. The van der Waals surface area contributed by atoms with Crippen LogP contribution in [0.2, 0.25) is 0 Å². The van der Waals surface area contributed by atoms with Gasteiger partial charge in [-0.15, -0.1) is 0 Å². The Hall–Kier alpha value is -3.12. The van der Waals surface area contributed by atoms with Crippen molar-refractivity contribution >= 4 is 10.8 Å². The number of rotatable bonds is 0. The van der Waals surface area contributed by atoms with Crippen LogP contribution < -0.4 is 0 Å². The third-order valence-corrected chi connectivity index (χ3v) is 5.88. The molecule has 0 saturated carbocycles. The minimum Gasteiger partial charge on any atom is -0.0838 e. The summed E-state index contributed by atoms with van der Waals surface area (Å²) in [6.45, 7) is 0. The summed E-state index contributed by atoms with van der Waals surface area (Å²) >= 11 is 0. The molecular weight excluding hydrogens is 360 g/mol. The van der Waals surface area contributed by atoms with Crippen molar-refractivity contribution in [3.8, 4) is 0 Å². The van der Waals surface area contributed by atoms with Gasteiger partial charge in [-0.2, -0.15) is 0 Å². The number of hydrogen-bond donors (Lipinski definition) is 0. The van der Waals surface area contributed by atoms with E-state index in [-0.39, 0.29) is 0 Å². The molecule has 0 saturated heterocycles. The van der Waals surface area contributed by atoms with E-state index in [1.807, 2.05) is 0 Å². The Bertz CT molecular complexity index is 986. The molecule has 150 valence electrons. The predicted molar refractivity (Wildman–Crippen MR) is 130 cm³/mol. The Morgan fingerprint density at radius 1 is 0.367 bits per heavy atom. The molecule has 4 aromatic rings. The average molecular weight is 391 g/mol. The van der Waals surface area contributed by atoms with Crippen molar-refractivity contribution in [1.82, 2.24) is 0 Å². The molecule has 0 aliphatic heterocycles. The minimum absolute atomic E-state index is 1.12. The average Bonchev–Trinajstić information content (AvgIpc) is 2.85. The molecule has 0 bridgehead atoms. The maximum Gasteiger partial charge on any atom is -0.00945 e. The molecule has 0 unspecified atom stereocenters. The van der Waals surface area contributed by atoms with Crippen molar-refractivity contribution in [3.63, 3.8) is 0 Å². The Kier molecular flexibility index (Phi) is 7.12. The topological polar surface area (TPSA) is 0 Å². The molecule has 2 aliphatic carbocycles. The van der Waals surface area contributed by atoms with Crippen molar-refractivity contribution in [1.29, 1.82) is 0 Å². The number of fused-ring (bicyclic) bond motifs is 3. The molecule has 4 aromatic carbocycles. The first-order valence-electron chi connectivity index (χ1n) is 11.1. The van der Waals surface area contributed by atoms with Gasteiger partial charge in [-0.25, -0.2) is 0 Å². The monoisotopic (exact) mass is 390 g/mol. The van der Waals surface area contributed by atoms with Crippen LogP contribution >= 0.6 is 0 Å². The summed E-state index contributed by atoms with van der Waals surface area (Å²) < 4.78 is 0. The number of hydrogen-bond acceptors (Lipinski definition) is 0. The van der Waals surface area contributed by atoms with Crippen LogP contribution in [-0.2, 0) is 25.7 Å². The van der Waals surface area contributed by atoms with E-state index in [1.54, 1.807) is 11.1 Å². The van der Waals surface area contributed by atoms with E-state index < -0.39 is 0 Å². The third kappa shape index (κ3) is 5.48. The highest BCUT2D eigenvalue weighted by atomic mass is 14.1. The van der Waals surface area contributed by atoms with Crippen molar-refractivity contribution in [2.45, 2.75) is 38.5 Å². The lowest BCUT2D eigenvalue weighted by atomic mass is 9.92. The van der Waals surface area contributed by atoms with Gasteiger partial charge in [-0.1, -0.05) is 109 Å². The normalized spacial score (nSPS) is 13.7. The van der Waals surface area contributed by atoms with E-state index in [1.165, 1.54) is 47.6 Å². The summed E-state index contributed by atoms with van der Waals surface area (Å²) in [6.07, 6.45) is 12.1. The van der Waals surface area contributed by atoms with E-state index in [4.69, 9.17) is 0 Å². The third-order valence-electron chi connectivity index (χ3n) is 5.88. The summed E-state index contributed by atoms with van der Waals surface area (Å²) in [6, 6.07) is 34.1. The molecule has 6 rings (SSSR count). The number of allylic oxidation sites excluding steroid dienone is 2. The summed E-state index contributed by atoms with van der Waals surface area (Å²) in [5, 5.41) is 2.62. The second-order valence-corrected chi connectivity index (χ2v) is 7.97. The second kappa shape index (κ2) is 10.6. The van der Waals surface area contributed by atoms with Crippen LogP contribution in [0.25, 0.3) is 10.8 Å². The molecule has 0 amide bonds. The van der Waals surface area contributed by atoms with Gasteiger partial charge in [0.2, 0.25) is 0 Å². The van der Waals surface area contributed by atoms with Gasteiger partial charge in [0.25, 0.3) is 0 Å². The van der Waals surface area contributed by atoms with Crippen LogP contribution in [0.5, 0.6) is 0 Å². The lowest BCUT2D eigenvalue weighted by Gasteiger charge is -2.13. The van der Waals surface area contributed by atoms with E-state index in [0.717, 1.165) is 12.8 Å². The Morgan fingerprint density at radius 3 is 1.10 bits per heavy atom. The SMILES string of the molecule is C1=CCc2ccccc2C1.c1ccc2c(c1)CCCC2.c1ccc2ccccc2c1. The van der Waals surface area contributed by atoms with Crippen LogP contribution in [-0.4, -0.2) is 0 Å². The van der Waals surface area contributed by atoms with Crippen molar-refractivity contribution < 1.29 is 0 Å². The van der Waals surface area contributed by atoms with Crippen molar-refractivity contribution in [2.75, 3.05) is 0 Å². The zero-order valence-electron chi connectivity index (χ0n) is 17.6. The highest BCUT2D eigenvalue weighted by Crippen LogP contribution is 2.19. The van der Waals surface area contributed by atoms with E-state index in [9.17, 15) is 0 Å². The van der Waals surface area contributed by atoms with Gasteiger partial charge in [0.1, 0.15) is 0 Å². The van der Waals surface area contributed by atoms with Crippen LogP contribution in [0.15, 0.2) is 109 Å². The van der Waals surface area contributed by atoms with Gasteiger partial charge in [0, 0.05) is 0 Å². The molecule has 30 heavy (non-hydrogen) atoms. The summed E-state index contributed by atoms with van der Waals surface area (Å²) in [5.74, 6) is 0. The van der Waals surface area contributed by atoms with Crippen LogP contribution in [0, 0.1) is 0 Å². The van der Waals surface area contributed by atoms with Crippen LogP contribution in [0.3, 0.4) is 0 Å². The molecular formula is C30H30. The Morgan fingerprint density at radius 2 is 0.700 bits per heavy atom. The standard InChI is InChI=1S/C10H12.C10H10.C10H8/c3*1-2-6-10-8-4-3-7-9(10)5-1/h1-2,5-6H,3-4,7-8H2;1-6H,7-8H2;1-8H. The molecule has 0 N–H and O–H groups in total. The van der Waals surface area contributed by atoms with Gasteiger partial charge in [0.15, 0.2) is 0 Å². The smallest absolute Gasteiger partial charge is 0.00945 e. The summed E-state index contributed by atoms with van der Waals surface area (Å²) in [5.41, 5.74) is 6.14. The lowest BCUT2D eigenvalue weighted by Crippen LogP contribution is -2.00. The lowest BCUT2D eigenvalue weighted by molar-refractivity contribution is 0.685. The van der Waals surface area contributed by atoms with Gasteiger partial charge >= 0.3 is 0 Å². The zero-order chi connectivity index (χ0) is 20.4. The molecule has 0 heteroatoms. The van der Waals surface area contributed by atoms with Crippen molar-refractivity contribution in [3.05, 3.63) is 131 Å². The Labute approximate surface area is 180 Å². The van der Waals surface area contributed by atoms with Gasteiger partial charge in [-0.05, 0) is 71.6 Å². The van der Waals surface area contributed by atoms with E-state index in [0.29, 0.717) is 0 Å². The Balaban J connectivity index is 0.000000109. The number of benzene rings is 4. The van der Waals surface area contributed by atoms with Crippen molar-refractivity contribution in [2.24, 2.45) is 0 Å². The largest absolute Gasteiger partial charge is 0.0838 e. The van der Waals surface area contributed by atoms with Crippen LogP contribution in [0.1, 0.15) is 35.1 Å². The summed E-state index contributed by atoms with van der Waals surface area (Å²) in [7, 11) is 0. The zero-order valence-corrected chi connectivity index (χ0v) is 17.6. The first kappa shape index (κ1) is 20.2. The predicted octanol–water partition coefficient (Wildman–Crippen LogP) is 7.75. The molecule has 2 aliphatic rings. The van der Waals surface area contributed by atoms with Gasteiger partial charge < -0.3 is 0 Å². The molecule has 0 radical (unpaired) electrons. The van der Waals surface area contributed by atoms with E-state index in [2.05, 4.69) is 109 Å². The molecule has 0 nitrogen and oxygen atoms in total. The fourth-order valence-electron chi connectivity index (χ4n) is 4.19. The maximum atomic E-state index is 2.26. The first-order valence-corrected chi connectivity index (χ1v) is 11.1. The van der Waals surface area contributed by atoms with Gasteiger partial charge in [-0.3, -0.25) is 0 Å². The maximum absolute atomic E-state index is 2.26. The molecule has 0 spiro atoms. The number of aryl methyl sites for hydroxylation is 2. The fourth-order valence-corrected chi connectivity index (χ4v) is 4.19.